The highest BCUT2D eigenvalue weighted by atomic mass is 16.2. The summed E-state index contributed by atoms with van der Waals surface area (Å²) in [6.07, 6.45) is 5.29. The normalized spacial score (nSPS) is 16.8. The number of nitrogens with one attached hydrogen (secondary N) is 2. The molecule has 0 spiro atoms. The van der Waals surface area contributed by atoms with Gasteiger partial charge in [0, 0.05) is 12.1 Å². The Bertz CT molecular complexity index is 545. The lowest BCUT2D eigenvalue weighted by Gasteiger charge is -2.11. The van der Waals surface area contributed by atoms with Crippen molar-refractivity contribution in [1.29, 1.82) is 0 Å². The Labute approximate surface area is 104 Å². The minimum Gasteiger partial charge on any atom is -0.373 e. The predicted octanol–water partition coefficient (Wildman–Crippen LogP) is 1.45. The number of carbonyl (C=O) groups excluding carboxylic acids is 1. The summed E-state index contributed by atoms with van der Waals surface area (Å²) in [5.74, 6) is -0.0685. The molecule has 0 fully saturated rings. The molecule has 1 atom stereocenters. The van der Waals surface area contributed by atoms with E-state index in [9.17, 15) is 4.79 Å². The zero-order valence-electron chi connectivity index (χ0n) is 9.63. The number of fused-ring (bicyclic) bond motifs is 1. The molecule has 5 nitrogen and oxygen atoms in total. The van der Waals surface area contributed by atoms with Gasteiger partial charge in [0.2, 0.25) is 5.91 Å². The molecule has 18 heavy (non-hydrogen) atoms. The largest absolute Gasteiger partial charge is 0.373 e. The van der Waals surface area contributed by atoms with Crippen LogP contribution in [0.25, 0.3) is 0 Å². The predicted molar refractivity (Wildman–Crippen MR) is 68.2 cm³/mol. The fraction of sp³-hybridized carbons (Fsp3) is 0.154. The molecule has 1 aliphatic heterocycles. The SMILES string of the molecule is O=C(Nc1cncnc1)[C@@H]1Cc2ccccc2N1. The average Bonchev–Trinajstić information content (AvgIpc) is 2.84. The standard InChI is InChI=1S/C13H12N4O/c18-13(16-10-6-14-8-15-7-10)12-5-9-3-1-2-4-11(9)17-12/h1-4,6-8,12,17H,5H2,(H,16,18)/t12-/m0/s1. The van der Waals surface area contributed by atoms with Gasteiger partial charge < -0.3 is 10.6 Å². The summed E-state index contributed by atoms with van der Waals surface area (Å²) < 4.78 is 0. The van der Waals surface area contributed by atoms with Gasteiger partial charge in [0.15, 0.2) is 0 Å². The molecular weight excluding hydrogens is 228 g/mol. The van der Waals surface area contributed by atoms with Crippen molar-refractivity contribution in [2.75, 3.05) is 10.6 Å². The van der Waals surface area contributed by atoms with E-state index in [0.29, 0.717) is 12.1 Å². The Kier molecular flexibility index (Phi) is 2.64. The molecule has 2 heterocycles. The van der Waals surface area contributed by atoms with Crippen LogP contribution in [0.4, 0.5) is 11.4 Å². The molecule has 0 saturated heterocycles. The van der Waals surface area contributed by atoms with E-state index in [-0.39, 0.29) is 11.9 Å². The topological polar surface area (TPSA) is 66.9 Å². The number of amides is 1. The third kappa shape index (κ3) is 2.02. The molecule has 1 amide bonds. The first-order chi connectivity index (χ1) is 8.83. The monoisotopic (exact) mass is 240 g/mol. The minimum atomic E-state index is -0.234. The van der Waals surface area contributed by atoms with Crippen molar-refractivity contribution in [1.82, 2.24) is 9.97 Å². The van der Waals surface area contributed by atoms with Gasteiger partial charge in [-0.3, -0.25) is 4.79 Å². The number of anilines is 2. The van der Waals surface area contributed by atoms with E-state index < -0.39 is 0 Å². The highest BCUT2D eigenvalue weighted by molar-refractivity contribution is 5.97. The summed E-state index contributed by atoms with van der Waals surface area (Å²) >= 11 is 0. The average molecular weight is 240 g/mol. The summed E-state index contributed by atoms with van der Waals surface area (Å²) in [5.41, 5.74) is 2.81. The van der Waals surface area contributed by atoms with Crippen molar-refractivity contribution in [2.24, 2.45) is 0 Å². The maximum Gasteiger partial charge on any atom is 0.247 e. The van der Waals surface area contributed by atoms with Crippen molar-refractivity contribution in [3.05, 3.63) is 48.5 Å². The highest BCUT2D eigenvalue weighted by Crippen LogP contribution is 2.25. The Hall–Kier alpha value is -2.43. The van der Waals surface area contributed by atoms with Crippen LogP contribution >= 0.6 is 0 Å². The van der Waals surface area contributed by atoms with Gasteiger partial charge in [-0.05, 0) is 11.6 Å². The molecule has 0 saturated carbocycles. The van der Waals surface area contributed by atoms with E-state index in [0.717, 1.165) is 5.69 Å². The van der Waals surface area contributed by atoms with Gasteiger partial charge >= 0.3 is 0 Å². The van der Waals surface area contributed by atoms with Gasteiger partial charge in [0.1, 0.15) is 12.4 Å². The van der Waals surface area contributed by atoms with E-state index in [4.69, 9.17) is 0 Å². The molecule has 5 heteroatoms. The van der Waals surface area contributed by atoms with Gasteiger partial charge in [-0.25, -0.2) is 9.97 Å². The first-order valence-electron chi connectivity index (χ1n) is 5.73. The number of hydrogen-bond acceptors (Lipinski definition) is 4. The van der Waals surface area contributed by atoms with Crippen LogP contribution in [0.2, 0.25) is 0 Å². The molecule has 1 aromatic carbocycles. The fourth-order valence-electron chi connectivity index (χ4n) is 2.05. The minimum absolute atomic E-state index is 0.0685. The lowest BCUT2D eigenvalue weighted by Crippen LogP contribution is -2.32. The van der Waals surface area contributed by atoms with E-state index in [1.165, 1.54) is 11.9 Å². The van der Waals surface area contributed by atoms with Gasteiger partial charge in [-0.1, -0.05) is 18.2 Å². The number of benzene rings is 1. The summed E-state index contributed by atoms with van der Waals surface area (Å²) in [6.45, 7) is 0. The van der Waals surface area contributed by atoms with Crippen molar-refractivity contribution in [3.8, 4) is 0 Å². The molecule has 1 aliphatic rings. The molecule has 2 N–H and O–H groups in total. The van der Waals surface area contributed by atoms with Crippen LogP contribution in [-0.2, 0) is 11.2 Å². The maximum absolute atomic E-state index is 12.1. The molecular formula is C13H12N4O. The molecule has 0 radical (unpaired) electrons. The molecule has 0 unspecified atom stereocenters. The van der Waals surface area contributed by atoms with E-state index >= 15 is 0 Å². The first kappa shape index (κ1) is 10.7. The van der Waals surface area contributed by atoms with Crippen LogP contribution in [0.1, 0.15) is 5.56 Å². The van der Waals surface area contributed by atoms with Gasteiger partial charge in [0.05, 0.1) is 18.1 Å². The van der Waals surface area contributed by atoms with E-state index in [1.807, 2.05) is 24.3 Å². The summed E-state index contributed by atoms with van der Waals surface area (Å²) in [6, 6.07) is 7.71. The Morgan fingerprint density at radius 3 is 2.83 bits per heavy atom. The fourth-order valence-corrected chi connectivity index (χ4v) is 2.05. The second kappa shape index (κ2) is 4.44. The lowest BCUT2D eigenvalue weighted by atomic mass is 10.1. The van der Waals surface area contributed by atoms with E-state index in [2.05, 4.69) is 20.6 Å². The number of hydrogen-bond donors (Lipinski definition) is 2. The smallest absolute Gasteiger partial charge is 0.247 e. The van der Waals surface area contributed by atoms with E-state index in [1.54, 1.807) is 12.4 Å². The van der Waals surface area contributed by atoms with Crippen molar-refractivity contribution >= 4 is 17.3 Å². The second-order valence-electron chi connectivity index (χ2n) is 4.17. The Balaban J connectivity index is 1.70. The zero-order chi connectivity index (χ0) is 12.4. The second-order valence-corrected chi connectivity index (χ2v) is 4.17. The van der Waals surface area contributed by atoms with Gasteiger partial charge in [-0.15, -0.1) is 0 Å². The van der Waals surface area contributed by atoms with Crippen LogP contribution in [0, 0.1) is 0 Å². The molecule has 0 bridgehead atoms. The Morgan fingerprint density at radius 2 is 2.06 bits per heavy atom. The lowest BCUT2D eigenvalue weighted by molar-refractivity contribution is -0.116. The summed E-state index contributed by atoms with van der Waals surface area (Å²) in [5, 5.41) is 5.99. The van der Waals surface area contributed by atoms with Crippen molar-refractivity contribution < 1.29 is 4.79 Å². The number of para-hydroxylation sites is 1. The van der Waals surface area contributed by atoms with Crippen LogP contribution in [0.5, 0.6) is 0 Å². The third-order valence-electron chi connectivity index (χ3n) is 2.92. The zero-order valence-corrected chi connectivity index (χ0v) is 9.63. The van der Waals surface area contributed by atoms with Crippen molar-refractivity contribution in [3.63, 3.8) is 0 Å². The number of nitrogens with zero attached hydrogens (tertiary/aromatic N) is 2. The third-order valence-corrected chi connectivity index (χ3v) is 2.92. The summed E-state index contributed by atoms with van der Waals surface area (Å²) in [4.78, 5) is 19.8. The van der Waals surface area contributed by atoms with Crippen LogP contribution in [0.3, 0.4) is 0 Å². The van der Waals surface area contributed by atoms with Gasteiger partial charge in [0.25, 0.3) is 0 Å². The van der Waals surface area contributed by atoms with Crippen LogP contribution in [-0.4, -0.2) is 21.9 Å². The molecule has 0 aliphatic carbocycles. The van der Waals surface area contributed by atoms with Gasteiger partial charge in [-0.2, -0.15) is 0 Å². The summed E-state index contributed by atoms with van der Waals surface area (Å²) in [7, 11) is 0. The quantitative estimate of drug-likeness (QED) is 0.833. The van der Waals surface area contributed by atoms with Crippen LogP contribution in [0.15, 0.2) is 43.0 Å². The van der Waals surface area contributed by atoms with Crippen molar-refractivity contribution in [2.45, 2.75) is 12.5 Å². The number of aromatic nitrogens is 2. The highest BCUT2D eigenvalue weighted by Gasteiger charge is 2.26. The first-order valence-corrected chi connectivity index (χ1v) is 5.73. The number of carbonyl (C=O) groups is 1. The Morgan fingerprint density at radius 1 is 1.28 bits per heavy atom. The number of rotatable bonds is 2. The maximum atomic E-state index is 12.1. The molecule has 2 aromatic rings. The molecule has 3 rings (SSSR count). The molecule has 1 aromatic heterocycles. The van der Waals surface area contributed by atoms with Crippen LogP contribution < -0.4 is 10.6 Å². The molecule has 90 valence electrons.